The number of benzene rings is 2. The Morgan fingerprint density at radius 3 is 2.74 bits per heavy atom. The lowest BCUT2D eigenvalue weighted by atomic mass is 10.2. The van der Waals surface area contributed by atoms with Crippen molar-refractivity contribution >= 4 is 29.0 Å². The zero-order chi connectivity index (χ0) is 26.1. The zero-order valence-corrected chi connectivity index (χ0v) is 21.5. The van der Waals surface area contributed by atoms with Crippen molar-refractivity contribution in [2.45, 2.75) is 13.1 Å². The van der Waals surface area contributed by atoms with Gasteiger partial charge in [0, 0.05) is 50.2 Å². The lowest BCUT2D eigenvalue weighted by molar-refractivity contribution is -0.128. The van der Waals surface area contributed by atoms with E-state index in [1.165, 1.54) is 0 Å². The highest BCUT2D eigenvalue weighted by atomic mass is 16.7. The lowest BCUT2D eigenvalue weighted by Crippen LogP contribution is -2.36. The van der Waals surface area contributed by atoms with Crippen molar-refractivity contribution < 1.29 is 23.7 Å². The van der Waals surface area contributed by atoms with Gasteiger partial charge >= 0.3 is 0 Å². The van der Waals surface area contributed by atoms with Crippen LogP contribution in [0.15, 0.2) is 42.6 Å². The molecule has 0 unspecified atom stereocenters. The van der Waals surface area contributed by atoms with Crippen molar-refractivity contribution in [1.29, 1.82) is 0 Å². The molecule has 198 valence electrons. The molecule has 1 saturated heterocycles. The molecular weight excluding hydrogens is 488 g/mol. The average molecular weight is 519 g/mol. The molecule has 1 N–H and O–H groups in total. The Hall–Kier alpha value is -4.25. The molecule has 0 bridgehead atoms. The summed E-state index contributed by atoms with van der Waals surface area (Å²) in [5.41, 5.74) is 3.70. The smallest absolute Gasteiger partial charge is 0.242 e. The van der Waals surface area contributed by atoms with E-state index in [2.05, 4.69) is 21.3 Å². The van der Waals surface area contributed by atoms with Crippen molar-refractivity contribution in [3.8, 4) is 17.2 Å². The molecular formula is C27H30N6O5. The van der Waals surface area contributed by atoms with Gasteiger partial charge < -0.3 is 39.0 Å². The molecule has 0 aliphatic carbocycles. The molecule has 0 spiro atoms. The van der Waals surface area contributed by atoms with Gasteiger partial charge in [0.1, 0.15) is 11.6 Å². The number of rotatable bonds is 6. The Bertz CT molecular complexity index is 1350. The minimum absolute atomic E-state index is 0.0126. The van der Waals surface area contributed by atoms with Crippen LogP contribution >= 0.6 is 0 Å². The Kier molecular flexibility index (Phi) is 6.50. The number of aromatic nitrogens is 2. The Labute approximate surface area is 220 Å². The van der Waals surface area contributed by atoms with Crippen LogP contribution in [0.1, 0.15) is 11.1 Å². The topological polar surface area (TPSA) is 102 Å². The van der Waals surface area contributed by atoms with E-state index in [1.54, 1.807) is 25.3 Å². The third-order valence-electron chi connectivity index (χ3n) is 6.92. The minimum atomic E-state index is 0.0126. The Morgan fingerprint density at radius 2 is 1.89 bits per heavy atom. The van der Waals surface area contributed by atoms with Gasteiger partial charge in [-0.15, -0.1) is 0 Å². The van der Waals surface area contributed by atoms with E-state index in [0.29, 0.717) is 49.6 Å². The van der Waals surface area contributed by atoms with Gasteiger partial charge in [0.2, 0.25) is 18.6 Å². The predicted octanol–water partition coefficient (Wildman–Crippen LogP) is 2.77. The Morgan fingerprint density at radius 1 is 1.05 bits per heavy atom. The van der Waals surface area contributed by atoms with E-state index in [1.807, 2.05) is 35.2 Å². The normalized spacial score (nSPS) is 16.8. The zero-order valence-electron chi connectivity index (χ0n) is 21.5. The molecule has 0 saturated carbocycles. The van der Waals surface area contributed by atoms with Crippen LogP contribution in [0, 0.1) is 0 Å². The number of methoxy groups -OCH3 is 1. The summed E-state index contributed by atoms with van der Waals surface area (Å²) in [6.07, 6.45) is 1.78. The SMILES string of the molecule is COc1cc(N2CCOCC2)ccc1Nc1ncc2c(n1)N(Cc1ccc3c(c1)OCO3)CC(=O)N(C)C2. The highest BCUT2D eigenvalue weighted by Gasteiger charge is 2.26. The third-order valence-corrected chi connectivity index (χ3v) is 6.92. The summed E-state index contributed by atoms with van der Waals surface area (Å²) in [5.74, 6) is 3.27. The summed E-state index contributed by atoms with van der Waals surface area (Å²) < 4.78 is 22.1. The monoisotopic (exact) mass is 518 g/mol. The number of likely N-dealkylation sites (N-methyl/N-ethyl adjacent to an activating group) is 1. The van der Waals surface area contributed by atoms with Crippen LogP contribution < -0.4 is 29.3 Å². The fraction of sp³-hybridized carbons (Fsp3) is 0.370. The number of hydrogen-bond acceptors (Lipinski definition) is 10. The summed E-state index contributed by atoms with van der Waals surface area (Å²) in [5, 5.41) is 3.31. The first-order valence-corrected chi connectivity index (χ1v) is 12.6. The number of amides is 1. The van der Waals surface area contributed by atoms with Gasteiger partial charge in [-0.05, 0) is 29.8 Å². The van der Waals surface area contributed by atoms with Crippen molar-refractivity contribution in [3.63, 3.8) is 0 Å². The van der Waals surface area contributed by atoms with Gasteiger partial charge in [0.25, 0.3) is 0 Å². The number of ether oxygens (including phenoxy) is 4. The summed E-state index contributed by atoms with van der Waals surface area (Å²) in [6.45, 7) is 4.45. The maximum absolute atomic E-state index is 12.8. The largest absolute Gasteiger partial charge is 0.494 e. The summed E-state index contributed by atoms with van der Waals surface area (Å²) in [6, 6.07) is 11.9. The third kappa shape index (κ3) is 4.84. The molecule has 11 nitrogen and oxygen atoms in total. The molecule has 6 rings (SSSR count). The van der Waals surface area contributed by atoms with Crippen LogP contribution in [0.3, 0.4) is 0 Å². The molecule has 11 heteroatoms. The van der Waals surface area contributed by atoms with E-state index in [9.17, 15) is 4.79 Å². The number of hydrogen-bond donors (Lipinski definition) is 1. The van der Waals surface area contributed by atoms with E-state index < -0.39 is 0 Å². The van der Waals surface area contributed by atoms with Crippen molar-refractivity contribution in [3.05, 3.63) is 53.7 Å². The number of fused-ring (bicyclic) bond motifs is 2. The minimum Gasteiger partial charge on any atom is -0.494 e. The van der Waals surface area contributed by atoms with Crippen LogP contribution in [0.2, 0.25) is 0 Å². The first-order chi connectivity index (χ1) is 18.6. The fourth-order valence-corrected chi connectivity index (χ4v) is 4.86. The van der Waals surface area contributed by atoms with Crippen LogP contribution in [0.4, 0.5) is 23.1 Å². The van der Waals surface area contributed by atoms with Gasteiger partial charge in [-0.3, -0.25) is 4.79 Å². The maximum Gasteiger partial charge on any atom is 0.242 e. The molecule has 0 atom stereocenters. The summed E-state index contributed by atoms with van der Waals surface area (Å²) >= 11 is 0. The Balaban J connectivity index is 1.28. The van der Waals surface area contributed by atoms with Crippen LogP contribution in [0.25, 0.3) is 0 Å². The van der Waals surface area contributed by atoms with E-state index in [0.717, 1.165) is 41.3 Å². The second-order valence-corrected chi connectivity index (χ2v) is 9.44. The van der Waals surface area contributed by atoms with Crippen molar-refractivity contribution in [1.82, 2.24) is 14.9 Å². The van der Waals surface area contributed by atoms with E-state index in [-0.39, 0.29) is 19.2 Å². The molecule has 1 aromatic heterocycles. The standard InChI is InChI=1S/C27H30N6O5/c1-31-15-19-13-28-27(29-21-5-4-20(12-23(21)35-2)32-7-9-36-10-8-32)30-26(19)33(16-25(31)34)14-18-3-6-22-24(11-18)38-17-37-22/h3-6,11-13H,7-10,14-17H2,1-2H3,(H,28,29,30). The molecule has 3 aromatic rings. The first kappa shape index (κ1) is 24.1. The number of morpholine rings is 1. The lowest BCUT2D eigenvalue weighted by Gasteiger charge is -2.29. The highest BCUT2D eigenvalue weighted by molar-refractivity contribution is 5.83. The molecule has 0 radical (unpaired) electrons. The van der Waals surface area contributed by atoms with Crippen molar-refractivity contribution in [2.24, 2.45) is 0 Å². The number of nitrogens with one attached hydrogen (secondary N) is 1. The van der Waals surface area contributed by atoms with Crippen molar-refractivity contribution in [2.75, 3.05) is 68.9 Å². The summed E-state index contributed by atoms with van der Waals surface area (Å²) in [4.78, 5) is 28.2. The first-order valence-electron chi connectivity index (χ1n) is 12.6. The maximum atomic E-state index is 12.8. The van der Waals surface area contributed by atoms with Gasteiger partial charge in [-0.2, -0.15) is 4.98 Å². The second-order valence-electron chi connectivity index (χ2n) is 9.44. The molecule has 4 heterocycles. The highest BCUT2D eigenvalue weighted by Crippen LogP contribution is 2.35. The van der Waals surface area contributed by atoms with Gasteiger partial charge in [0.15, 0.2) is 11.5 Å². The van der Waals surface area contributed by atoms with Crippen LogP contribution in [-0.2, 0) is 22.6 Å². The quantitative estimate of drug-likeness (QED) is 0.524. The molecule has 2 aromatic carbocycles. The van der Waals surface area contributed by atoms with Gasteiger partial charge in [0.05, 0.1) is 39.1 Å². The number of carbonyl (C=O) groups excluding carboxylic acids is 1. The van der Waals surface area contributed by atoms with Gasteiger partial charge in [-0.1, -0.05) is 6.07 Å². The van der Waals surface area contributed by atoms with Gasteiger partial charge in [-0.25, -0.2) is 4.98 Å². The number of carbonyl (C=O) groups is 1. The number of anilines is 4. The molecule has 3 aliphatic heterocycles. The van der Waals surface area contributed by atoms with Crippen LogP contribution in [0.5, 0.6) is 17.2 Å². The predicted molar refractivity (Wildman–Crippen MR) is 141 cm³/mol. The molecule has 1 amide bonds. The van der Waals surface area contributed by atoms with Crippen LogP contribution in [-0.4, -0.2) is 74.6 Å². The summed E-state index contributed by atoms with van der Waals surface area (Å²) in [7, 11) is 3.44. The average Bonchev–Trinajstić information content (AvgIpc) is 3.38. The second kappa shape index (κ2) is 10.3. The molecule has 1 fully saturated rings. The number of nitrogens with zero attached hydrogens (tertiary/aromatic N) is 5. The van der Waals surface area contributed by atoms with E-state index in [4.69, 9.17) is 23.9 Å². The molecule has 38 heavy (non-hydrogen) atoms. The fourth-order valence-electron chi connectivity index (χ4n) is 4.86. The van der Waals surface area contributed by atoms with E-state index >= 15 is 0 Å². The molecule has 3 aliphatic rings.